The first-order valence-electron chi connectivity index (χ1n) is 3.93. The molecule has 0 spiro atoms. The van der Waals surface area contributed by atoms with E-state index < -0.39 is 0 Å². The Hall–Kier alpha value is -1.51. The van der Waals surface area contributed by atoms with E-state index in [1.165, 1.54) is 11.3 Å². The van der Waals surface area contributed by atoms with Crippen molar-refractivity contribution in [2.75, 3.05) is 0 Å². The lowest BCUT2D eigenvalue weighted by molar-refractivity contribution is 0.929. The molecule has 0 atom stereocenters. The van der Waals surface area contributed by atoms with Crippen molar-refractivity contribution in [3.05, 3.63) is 35.8 Å². The number of aromatic amines is 1. The van der Waals surface area contributed by atoms with Crippen LogP contribution in [0.4, 0.5) is 0 Å². The molecule has 0 aromatic carbocycles. The fourth-order valence-corrected chi connectivity index (χ4v) is 1.25. The van der Waals surface area contributed by atoms with E-state index in [2.05, 4.69) is 34.7 Å². The van der Waals surface area contributed by atoms with Crippen LogP contribution in [0, 0.1) is 13.8 Å². The molecule has 2 aromatic heterocycles. The third-order valence-corrected chi connectivity index (χ3v) is 2.15. The SMILES string of the molecule is Cc1ccn(-c2ccn[nH]2)c1C. The molecule has 2 heterocycles. The quantitative estimate of drug-likeness (QED) is 0.680. The van der Waals surface area contributed by atoms with E-state index in [9.17, 15) is 0 Å². The van der Waals surface area contributed by atoms with Crippen molar-refractivity contribution in [3.63, 3.8) is 0 Å². The van der Waals surface area contributed by atoms with Gasteiger partial charge in [0, 0.05) is 18.0 Å². The van der Waals surface area contributed by atoms with Crippen LogP contribution >= 0.6 is 0 Å². The summed E-state index contributed by atoms with van der Waals surface area (Å²) in [6.07, 6.45) is 3.79. The number of hydrogen-bond donors (Lipinski definition) is 1. The summed E-state index contributed by atoms with van der Waals surface area (Å²) < 4.78 is 2.09. The zero-order valence-electron chi connectivity index (χ0n) is 7.20. The molecule has 3 nitrogen and oxygen atoms in total. The molecule has 2 aromatic rings. The Kier molecular flexibility index (Phi) is 1.50. The minimum Gasteiger partial charge on any atom is -0.306 e. The molecular formula is C9H11N3. The van der Waals surface area contributed by atoms with Crippen LogP contribution < -0.4 is 0 Å². The average Bonchev–Trinajstić information content (AvgIpc) is 2.64. The highest BCUT2D eigenvalue weighted by atomic mass is 15.2. The van der Waals surface area contributed by atoms with Gasteiger partial charge in [-0.05, 0) is 25.5 Å². The van der Waals surface area contributed by atoms with Crippen molar-refractivity contribution >= 4 is 0 Å². The second-order valence-electron chi connectivity index (χ2n) is 2.90. The number of hydrogen-bond acceptors (Lipinski definition) is 1. The van der Waals surface area contributed by atoms with Crippen LogP contribution in [-0.2, 0) is 0 Å². The first kappa shape index (κ1) is 7.16. The lowest BCUT2D eigenvalue weighted by Gasteiger charge is -2.01. The highest BCUT2D eigenvalue weighted by molar-refractivity contribution is 5.30. The average molecular weight is 161 g/mol. The molecule has 0 radical (unpaired) electrons. The molecule has 1 N–H and O–H groups in total. The van der Waals surface area contributed by atoms with Crippen molar-refractivity contribution in [2.45, 2.75) is 13.8 Å². The second kappa shape index (κ2) is 2.52. The summed E-state index contributed by atoms with van der Waals surface area (Å²) in [4.78, 5) is 0. The summed E-state index contributed by atoms with van der Waals surface area (Å²) in [5, 5.41) is 6.82. The lowest BCUT2D eigenvalue weighted by atomic mass is 10.3. The van der Waals surface area contributed by atoms with Gasteiger partial charge in [-0.15, -0.1) is 0 Å². The summed E-state index contributed by atoms with van der Waals surface area (Å²) in [7, 11) is 0. The maximum Gasteiger partial charge on any atom is 0.132 e. The fraction of sp³-hybridized carbons (Fsp3) is 0.222. The molecule has 0 aliphatic heterocycles. The molecule has 0 amide bonds. The van der Waals surface area contributed by atoms with Crippen molar-refractivity contribution in [1.82, 2.24) is 14.8 Å². The van der Waals surface area contributed by atoms with Crippen LogP contribution in [0.1, 0.15) is 11.3 Å². The molecule has 62 valence electrons. The predicted molar refractivity (Wildman–Crippen MR) is 47.4 cm³/mol. The molecule has 3 heteroatoms. The van der Waals surface area contributed by atoms with E-state index >= 15 is 0 Å². The molecule has 2 rings (SSSR count). The fourth-order valence-electron chi connectivity index (χ4n) is 1.25. The van der Waals surface area contributed by atoms with E-state index in [4.69, 9.17) is 0 Å². The number of nitrogens with zero attached hydrogens (tertiary/aromatic N) is 2. The lowest BCUT2D eigenvalue weighted by Crippen LogP contribution is -1.95. The third kappa shape index (κ3) is 0.942. The molecule has 0 bridgehead atoms. The zero-order chi connectivity index (χ0) is 8.55. The number of aryl methyl sites for hydroxylation is 1. The van der Waals surface area contributed by atoms with Gasteiger partial charge in [-0.1, -0.05) is 0 Å². The molecule has 0 unspecified atom stereocenters. The third-order valence-electron chi connectivity index (χ3n) is 2.15. The van der Waals surface area contributed by atoms with Gasteiger partial charge in [0.1, 0.15) is 5.82 Å². The highest BCUT2D eigenvalue weighted by Gasteiger charge is 2.02. The maximum atomic E-state index is 3.90. The zero-order valence-corrected chi connectivity index (χ0v) is 7.20. The van der Waals surface area contributed by atoms with Crippen LogP contribution in [0.3, 0.4) is 0 Å². The van der Waals surface area contributed by atoms with Gasteiger partial charge in [-0.25, -0.2) is 0 Å². The first-order valence-corrected chi connectivity index (χ1v) is 3.93. The number of nitrogens with one attached hydrogen (secondary N) is 1. The molecule has 0 saturated heterocycles. The van der Waals surface area contributed by atoms with Gasteiger partial charge in [0.15, 0.2) is 0 Å². The monoisotopic (exact) mass is 161 g/mol. The van der Waals surface area contributed by atoms with Crippen molar-refractivity contribution in [1.29, 1.82) is 0 Å². The highest BCUT2D eigenvalue weighted by Crippen LogP contribution is 2.12. The molecule has 0 saturated carbocycles. The van der Waals surface area contributed by atoms with E-state index in [0.29, 0.717) is 0 Å². The topological polar surface area (TPSA) is 33.6 Å². The Balaban J connectivity index is 2.55. The Morgan fingerprint density at radius 1 is 1.33 bits per heavy atom. The van der Waals surface area contributed by atoms with Gasteiger partial charge in [0.2, 0.25) is 0 Å². The van der Waals surface area contributed by atoms with Crippen molar-refractivity contribution in [2.24, 2.45) is 0 Å². The van der Waals surface area contributed by atoms with Crippen LogP contribution in [0.25, 0.3) is 5.82 Å². The van der Waals surface area contributed by atoms with Gasteiger partial charge >= 0.3 is 0 Å². The van der Waals surface area contributed by atoms with E-state index in [0.717, 1.165) is 5.82 Å². The number of H-pyrrole nitrogens is 1. The van der Waals surface area contributed by atoms with Gasteiger partial charge in [0.25, 0.3) is 0 Å². The van der Waals surface area contributed by atoms with Gasteiger partial charge < -0.3 is 4.57 Å². The molecule has 12 heavy (non-hydrogen) atoms. The Morgan fingerprint density at radius 2 is 2.17 bits per heavy atom. The Bertz CT molecular complexity index is 370. The molecular weight excluding hydrogens is 150 g/mol. The van der Waals surface area contributed by atoms with Gasteiger partial charge in [0.05, 0.1) is 6.20 Å². The molecule has 0 fully saturated rings. The van der Waals surface area contributed by atoms with E-state index in [1.54, 1.807) is 6.20 Å². The van der Waals surface area contributed by atoms with Gasteiger partial charge in [-0.3, -0.25) is 5.10 Å². The predicted octanol–water partition coefficient (Wildman–Crippen LogP) is 1.82. The minimum absolute atomic E-state index is 1.01. The summed E-state index contributed by atoms with van der Waals surface area (Å²) in [5.74, 6) is 1.01. The summed E-state index contributed by atoms with van der Waals surface area (Å²) in [5.41, 5.74) is 2.55. The standard InChI is InChI=1S/C9H11N3/c1-7-4-6-12(8(7)2)9-3-5-10-11-9/h3-6H,1-2H3,(H,10,11). The Labute approximate surface area is 71.0 Å². The maximum absolute atomic E-state index is 3.90. The smallest absolute Gasteiger partial charge is 0.132 e. The van der Waals surface area contributed by atoms with Crippen LogP contribution in [-0.4, -0.2) is 14.8 Å². The van der Waals surface area contributed by atoms with Crippen LogP contribution in [0.2, 0.25) is 0 Å². The largest absolute Gasteiger partial charge is 0.306 e. The summed E-state index contributed by atoms with van der Waals surface area (Å²) >= 11 is 0. The second-order valence-corrected chi connectivity index (χ2v) is 2.90. The number of aromatic nitrogens is 3. The minimum atomic E-state index is 1.01. The van der Waals surface area contributed by atoms with Crippen molar-refractivity contribution < 1.29 is 0 Å². The normalized spacial score (nSPS) is 10.5. The summed E-state index contributed by atoms with van der Waals surface area (Å²) in [6.45, 7) is 4.19. The van der Waals surface area contributed by atoms with E-state index in [-0.39, 0.29) is 0 Å². The van der Waals surface area contributed by atoms with E-state index in [1.807, 2.05) is 12.3 Å². The first-order chi connectivity index (χ1) is 5.79. The number of rotatable bonds is 1. The molecule has 0 aliphatic rings. The Morgan fingerprint density at radius 3 is 2.67 bits per heavy atom. The molecule has 0 aliphatic carbocycles. The van der Waals surface area contributed by atoms with Crippen LogP contribution in [0.5, 0.6) is 0 Å². The van der Waals surface area contributed by atoms with Crippen LogP contribution in [0.15, 0.2) is 24.5 Å². The summed E-state index contributed by atoms with van der Waals surface area (Å²) in [6, 6.07) is 4.04. The van der Waals surface area contributed by atoms with Crippen molar-refractivity contribution in [3.8, 4) is 5.82 Å². The van der Waals surface area contributed by atoms with Gasteiger partial charge in [-0.2, -0.15) is 5.10 Å².